The molecule has 2 aromatic carbocycles. The Balaban J connectivity index is 1.55. The van der Waals surface area contributed by atoms with Crippen LogP contribution in [0.4, 0.5) is 5.69 Å². The van der Waals surface area contributed by atoms with Gasteiger partial charge in [-0.2, -0.15) is 0 Å². The van der Waals surface area contributed by atoms with Crippen LogP contribution in [-0.4, -0.2) is 22.3 Å². The predicted octanol–water partition coefficient (Wildman–Crippen LogP) is 4.06. The van der Waals surface area contributed by atoms with Gasteiger partial charge in [0, 0.05) is 22.3 Å². The SMILES string of the molecule is O=C1CN(Cc2ncc(-c3ccccc3Br)o2)Cc2ccccc2N1. The van der Waals surface area contributed by atoms with Crippen LogP contribution in [-0.2, 0) is 17.9 Å². The van der Waals surface area contributed by atoms with Crippen LogP contribution >= 0.6 is 15.9 Å². The fraction of sp³-hybridized carbons (Fsp3) is 0.158. The second-order valence-electron chi connectivity index (χ2n) is 5.95. The van der Waals surface area contributed by atoms with Gasteiger partial charge in [0.25, 0.3) is 0 Å². The van der Waals surface area contributed by atoms with E-state index in [2.05, 4.69) is 26.2 Å². The van der Waals surface area contributed by atoms with Gasteiger partial charge in [-0.1, -0.05) is 52.3 Å². The number of para-hydroxylation sites is 1. The summed E-state index contributed by atoms with van der Waals surface area (Å²) in [6.45, 7) is 1.45. The van der Waals surface area contributed by atoms with Crippen LogP contribution in [0.3, 0.4) is 0 Å². The van der Waals surface area contributed by atoms with Crippen LogP contribution in [0.1, 0.15) is 11.5 Å². The van der Waals surface area contributed by atoms with Crippen LogP contribution in [0, 0.1) is 0 Å². The monoisotopic (exact) mass is 397 g/mol. The lowest BCUT2D eigenvalue weighted by atomic mass is 10.2. The average Bonchev–Trinajstić information content (AvgIpc) is 2.98. The van der Waals surface area contributed by atoms with Crippen molar-refractivity contribution in [2.75, 3.05) is 11.9 Å². The molecule has 0 saturated carbocycles. The van der Waals surface area contributed by atoms with Crippen molar-refractivity contribution in [2.45, 2.75) is 13.1 Å². The Morgan fingerprint density at radius 1 is 1.12 bits per heavy atom. The number of carbonyl (C=O) groups excluding carboxylic acids is 1. The zero-order valence-corrected chi connectivity index (χ0v) is 15.0. The lowest BCUT2D eigenvalue weighted by molar-refractivity contribution is -0.117. The van der Waals surface area contributed by atoms with Crippen molar-refractivity contribution in [3.05, 3.63) is 70.7 Å². The third-order valence-electron chi connectivity index (χ3n) is 4.10. The molecule has 3 aromatic rings. The highest BCUT2D eigenvalue weighted by Crippen LogP contribution is 2.29. The summed E-state index contributed by atoms with van der Waals surface area (Å²) >= 11 is 3.53. The fourth-order valence-corrected chi connectivity index (χ4v) is 3.42. The van der Waals surface area contributed by atoms with E-state index >= 15 is 0 Å². The predicted molar refractivity (Wildman–Crippen MR) is 98.8 cm³/mol. The molecule has 0 radical (unpaired) electrons. The van der Waals surface area contributed by atoms with Gasteiger partial charge < -0.3 is 9.73 Å². The number of nitrogens with one attached hydrogen (secondary N) is 1. The van der Waals surface area contributed by atoms with E-state index in [1.165, 1.54) is 0 Å². The zero-order chi connectivity index (χ0) is 17.2. The normalized spacial score (nSPS) is 14.7. The van der Waals surface area contributed by atoms with Crippen molar-refractivity contribution in [3.63, 3.8) is 0 Å². The highest BCUT2D eigenvalue weighted by atomic mass is 79.9. The minimum absolute atomic E-state index is 0.0254. The Labute approximate surface area is 153 Å². The fourth-order valence-electron chi connectivity index (χ4n) is 2.94. The number of aromatic nitrogens is 1. The number of hydrogen-bond donors (Lipinski definition) is 1. The van der Waals surface area contributed by atoms with Crippen molar-refractivity contribution in [1.29, 1.82) is 0 Å². The summed E-state index contributed by atoms with van der Waals surface area (Å²) in [5, 5.41) is 2.94. The highest BCUT2D eigenvalue weighted by molar-refractivity contribution is 9.10. The Morgan fingerprint density at radius 2 is 1.92 bits per heavy atom. The molecule has 1 amide bonds. The molecule has 0 unspecified atom stereocenters. The molecule has 1 N–H and O–H groups in total. The molecule has 1 aliphatic rings. The van der Waals surface area contributed by atoms with Crippen LogP contribution in [0.5, 0.6) is 0 Å². The first-order valence-corrected chi connectivity index (χ1v) is 8.78. The third-order valence-corrected chi connectivity index (χ3v) is 4.80. The second kappa shape index (κ2) is 6.82. The van der Waals surface area contributed by atoms with Gasteiger partial charge >= 0.3 is 0 Å². The molecular weight excluding hydrogens is 382 g/mol. The molecule has 0 saturated heterocycles. The average molecular weight is 398 g/mol. The number of nitrogens with zero attached hydrogens (tertiary/aromatic N) is 2. The van der Waals surface area contributed by atoms with E-state index in [0.717, 1.165) is 21.3 Å². The van der Waals surface area contributed by atoms with Gasteiger partial charge in [-0.3, -0.25) is 9.69 Å². The maximum Gasteiger partial charge on any atom is 0.238 e. The summed E-state index contributed by atoms with van der Waals surface area (Å²) in [6.07, 6.45) is 1.72. The van der Waals surface area contributed by atoms with Crippen molar-refractivity contribution in [1.82, 2.24) is 9.88 Å². The topological polar surface area (TPSA) is 58.4 Å². The number of benzene rings is 2. The molecular formula is C19H16BrN3O2. The Morgan fingerprint density at radius 3 is 2.80 bits per heavy atom. The molecule has 0 spiro atoms. The molecule has 0 bridgehead atoms. The van der Waals surface area contributed by atoms with Crippen molar-refractivity contribution < 1.29 is 9.21 Å². The quantitative estimate of drug-likeness (QED) is 0.723. The smallest absolute Gasteiger partial charge is 0.238 e. The summed E-state index contributed by atoms with van der Waals surface area (Å²) in [5.41, 5.74) is 2.92. The minimum Gasteiger partial charge on any atom is -0.439 e. The number of fused-ring (bicyclic) bond motifs is 1. The molecule has 0 atom stereocenters. The van der Waals surface area contributed by atoms with E-state index in [1.807, 2.05) is 53.4 Å². The summed E-state index contributed by atoms with van der Waals surface area (Å²) in [5.74, 6) is 1.28. The summed E-state index contributed by atoms with van der Waals surface area (Å²) < 4.78 is 6.86. The summed E-state index contributed by atoms with van der Waals surface area (Å²) in [7, 11) is 0. The van der Waals surface area contributed by atoms with E-state index in [4.69, 9.17) is 4.42 Å². The molecule has 1 aromatic heterocycles. The number of halogens is 1. The van der Waals surface area contributed by atoms with Gasteiger partial charge in [0.05, 0.1) is 19.3 Å². The van der Waals surface area contributed by atoms with Crippen molar-refractivity contribution in [2.24, 2.45) is 0 Å². The zero-order valence-electron chi connectivity index (χ0n) is 13.4. The third kappa shape index (κ3) is 3.50. The molecule has 6 heteroatoms. The molecule has 5 nitrogen and oxygen atoms in total. The Hall–Kier alpha value is -2.44. The number of carbonyl (C=O) groups is 1. The molecule has 25 heavy (non-hydrogen) atoms. The minimum atomic E-state index is -0.0254. The number of amides is 1. The maximum atomic E-state index is 12.1. The van der Waals surface area contributed by atoms with Gasteiger partial charge in [-0.25, -0.2) is 4.98 Å². The van der Waals surface area contributed by atoms with E-state index in [0.29, 0.717) is 31.3 Å². The molecule has 1 aliphatic heterocycles. The molecule has 0 fully saturated rings. The van der Waals surface area contributed by atoms with Gasteiger partial charge in [0.2, 0.25) is 11.8 Å². The first-order valence-electron chi connectivity index (χ1n) is 7.99. The van der Waals surface area contributed by atoms with Gasteiger partial charge in [0.15, 0.2) is 5.76 Å². The number of anilines is 1. The molecule has 4 rings (SSSR count). The van der Waals surface area contributed by atoms with E-state index in [1.54, 1.807) is 6.20 Å². The van der Waals surface area contributed by atoms with Gasteiger partial charge in [0.1, 0.15) is 0 Å². The largest absolute Gasteiger partial charge is 0.439 e. The standard InChI is InChI=1S/C19H16BrN3O2/c20-15-7-3-2-6-14(15)17-9-21-19(25-17)12-23-10-13-5-1-4-8-16(13)22-18(24)11-23/h1-9H,10-12H2,(H,22,24). The van der Waals surface area contributed by atoms with Crippen LogP contribution in [0.2, 0.25) is 0 Å². The van der Waals surface area contributed by atoms with Crippen molar-refractivity contribution >= 4 is 27.5 Å². The van der Waals surface area contributed by atoms with E-state index in [-0.39, 0.29) is 5.91 Å². The summed E-state index contributed by atoms with van der Waals surface area (Å²) in [4.78, 5) is 18.5. The van der Waals surface area contributed by atoms with Crippen LogP contribution in [0.25, 0.3) is 11.3 Å². The van der Waals surface area contributed by atoms with Crippen LogP contribution in [0.15, 0.2) is 63.6 Å². The Bertz CT molecular complexity index is 922. The van der Waals surface area contributed by atoms with E-state index in [9.17, 15) is 4.79 Å². The van der Waals surface area contributed by atoms with Crippen LogP contribution < -0.4 is 5.32 Å². The number of rotatable bonds is 3. The molecule has 2 heterocycles. The van der Waals surface area contributed by atoms with Gasteiger partial charge in [-0.15, -0.1) is 0 Å². The lowest BCUT2D eigenvalue weighted by Gasteiger charge is -2.16. The first-order chi connectivity index (χ1) is 12.2. The molecule has 0 aliphatic carbocycles. The lowest BCUT2D eigenvalue weighted by Crippen LogP contribution is -2.29. The number of hydrogen-bond acceptors (Lipinski definition) is 4. The van der Waals surface area contributed by atoms with E-state index < -0.39 is 0 Å². The maximum absolute atomic E-state index is 12.1. The van der Waals surface area contributed by atoms with Gasteiger partial charge in [-0.05, 0) is 17.7 Å². The summed E-state index contributed by atoms with van der Waals surface area (Å²) in [6, 6.07) is 15.7. The highest BCUT2D eigenvalue weighted by Gasteiger charge is 2.21. The second-order valence-corrected chi connectivity index (χ2v) is 6.80. The first kappa shape index (κ1) is 16.1. The Kier molecular flexibility index (Phi) is 4.38. The molecule has 126 valence electrons. The number of oxazole rings is 1. The van der Waals surface area contributed by atoms with Crippen molar-refractivity contribution in [3.8, 4) is 11.3 Å².